The second kappa shape index (κ2) is 7.28. The van der Waals surface area contributed by atoms with Crippen LogP contribution in [0.4, 0.5) is 0 Å². The van der Waals surface area contributed by atoms with Gasteiger partial charge in [-0.25, -0.2) is 0 Å². The van der Waals surface area contributed by atoms with Crippen LogP contribution in [0.5, 0.6) is 0 Å². The van der Waals surface area contributed by atoms with Gasteiger partial charge in [0.2, 0.25) is 5.91 Å². The van der Waals surface area contributed by atoms with Crippen LogP contribution in [0.25, 0.3) is 0 Å². The van der Waals surface area contributed by atoms with Gasteiger partial charge < -0.3 is 11.1 Å². The zero-order valence-electron chi connectivity index (χ0n) is 13.2. The first-order chi connectivity index (χ1) is 9.46. The van der Waals surface area contributed by atoms with Gasteiger partial charge in [-0.3, -0.25) is 4.79 Å². The normalized spacial score (nSPS) is 21.7. The smallest absolute Gasteiger partial charge is 0.230 e. The van der Waals surface area contributed by atoms with Crippen LogP contribution in [0, 0.1) is 12.8 Å². The Morgan fingerprint density at radius 3 is 2.62 bits per heavy atom. The van der Waals surface area contributed by atoms with Gasteiger partial charge in [0, 0.05) is 6.04 Å². The SMILES string of the molecule is Cc1ccccc1C(C)(C)C(=O)NC1CCCC1CN.Cl. The lowest BCUT2D eigenvalue weighted by Gasteiger charge is -2.29. The Morgan fingerprint density at radius 2 is 2.00 bits per heavy atom. The van der Waals surface area contributed by atoms with Crippen molar-refractivity contribution in [3.8, 4) is 0 Å². The molecule has 3 nitrogen and oxygen atoms in total. The zero-order valence-corrected chi connectivity index (χ0v) is 14.0. The molecule has 0 bridgehead atoms. The van der Waals surface area contributed by atoms with E-state index in [1.54, 1.807) is 0 Å². The molecule has 0 radical (unpaired) electrons. The van der Waals surface area contributed by atoms with Crippen molar-refractivity contribution in [2.45, 2.75) is 51.5 Å². The van der Waals surface area contributed by atoms with Gasteiger partial charge in [0.15, 0.2) is 0 Å². The minimum absolute atomic E-state index is 0. The van der Waals surface area contributed by atoms with E-state index >= 15 is 0 Å². The van der Waals surface area contributed by atoms with Gasteiger partial charge >= 0.3 is 0 Å². The lowest BCUT2D eigenvalue weighted by Crippen LogP contribution is -2.47. The number of aryl methyl sites for hydroxylation is 1. The van der Waals surface area contributed by atoms with Gasteiger partial charge in [-0.05, 0) is 57.2 Å². The number of benzene rings is 1. The van der Waals surface area contributed by atoms with E-state index in [0.717, 1.165) is 30.4 Å². The second-order valence-electron chi connectivity index (χ2n) is 6.45. The maximum atomic E-state index is 12.7. The molecular weight excluding hydrogens is 284 g/mol. The van der Waals surface area contributed by atoms with Crippen molar-refractivity contribution in [3.05, 3.63) is 35.4 Å². The maximum Gasteiger partial charge on any atom is 0.230 e. The van der Waals surface area contributed by atoms with Gasteiger partial charge in [-0.15, -0.1) is 12.4 Å². The molecule has 1 saturated carbocycles. The largest absolute Gasteiger partial charge is 0.352 e. The Kier molecular flexibility index (Phi) is 6.24. The molecule has 1 aliphatic rings. The lowest BCUT2D eigenvalue weighted by atomic mass is 9.81. The molecule has 118 valence electrons. The van der Waals surface area contributed by atoms with Crippen molar-refractivity contribution in [1.29, 1.82) is 0 Å². The molecule has 21 heavy (non-hydrogen) atoms. The van der Waals surface area contributed by atoms with E-state index in [-0.39, 0.29) is 24.4 Å². The van der Waals surface area contributed by atoms with E-state index in [9.17, 15) is 4.79 Å². The highest BCUT2D eigenvalue weighted by molar-refractivity contribution is 5.88. The fourth-order valence-corrected chi connectivity index (χ4v) is 3.25. The number of hydrogen-bond donors (Lipinski definition) is 2. The topological polar surface area (TPSA) is 55.1 Å². The fourth-order valence-electron chi connectivity index (χ4n) is 3.25. The highest BCUT2D eigenvalue weighted by Crippen LogP contribution is 2.29. The Labute approximate surface area is 134 Å². The molecule has 1 aliphatic carbocycles. The standard InChI is InChI=1S/C17H26N2O.ClH/c1-12-7-4-5-9-14(12)17(2,3)16(20)19-15-10-6-8-13(15)11-18;/h4-5,7,9,13,15H,6,8,10-11,18H2,1-3H3,(H,19,20);1H. The molecule has 1 fully saturated rings. The molecule has 0 heterocycles. The molecule has 0 aliphatic heterocycles. The molecule has 1 aromatic carbocycles. The highest BCUT2D eigenvalue weighted by Gasteiger charge is 2.35. The van der Waals surface area contributed by atoms with Crippen molar-refractivity contribution < 1.29 is 4.79 Å². The average molecular weight is 311 g/mol. The third-order valence-electron chi connectivity index (χ3n) is 4.66. The summed E-state index contributed by atoms with van der Waals surface area (Å²) in [5, 5.41) is 3.23. The summed E-state index contributed by atoms with van der Waals surface area (Å²) in [7, 11) is 0. The summed E-state index contributed by atoms with van der Waals surface area (Å²) < 4.78 is 0. The van der Waals surface area contributed by atoms with Crippen molar-refractivity contribution in [3.63, 3.8) is 0 Å². The Morgan fingerprint density at radius 1 is 1.33 bits per heavy atom. The van der Waals surface area contributed by atoms with Crippen LogP contribution in [-0.4, -0.2) is 18.5 Å². The van der Waals surface area contributed by atoms with E-state index < -0.39 is 5.41 Å². The van der Waals surface area contributed by atoms with Crippen molar-refractivity contribution in [1.82, 2.24) is 5.32 Å². The van der Waals surface area contributed by atoms with E-state index in [4.69, 9.17) is 5.73 Å². The molecule has 0 saturated heterocycles. The molecule has 1 aromatic rings. The summed E-state index contributed by atoms with van der Waals surface area (Å²) in [6.45, 7) is 6.71. The van der Waals surface area contributed by atoms with Crippen LogP contribution in [0.15, 0.2) is 24.3 Å². The number of carbonyl (C=O) groups is 1. The Hall–Kier alpha value is -1.06. The first-order valence-electron chi connectivity index (χ1n) is 7.54. The second-order valence-corrected chi connectivity index (χ2v) is 6.45. The quantitative estimate of drug-likeness (QED) is 0.898. The van der Waals surface area contributed by atoms with Crippen molar-refractivity contribution >= 4 is 18.3 Å². The predicted molar refractivity (Wildman–Crippen MR) is 89.8 cm³/mol. The molecule has 3 N–H and O–H groups in total. The first-order valence-corrected chi connectivity index (χ1v) is 7.54. The van der Waals surface area contributed by atoms with Crippen LogP contribution in [0.3, 0.4) is 0 Å². The summed E-state index contributed by atoms with van der Waals surface area (Å²) in [5.41, 5.74) is 7.54. The summed E-state index contributed by atoms with van der Waals surface area (Å²) in [4.78, 5) is 12.7. The molecule has 2 rings (SSSR count). The lowest BCUT2D eigenvalue weighted by molar-refractivity contribution is -0.126. The number of halogens is 1. The highest BCUT2D eigenvalue weighted by atomic mass is 35.5. The van der Waals surface area contributed by atoms with Crippen LogP contribution in [0.1, 0.15) is 44.2 Å². The van der Waals surface area contributed by atoms with Crippen LogP contribution in [0.2, 0.25) is 0 Å². The third kappa shape index (κ3) is 3.78. The molecule has 1 amide bonds. The number of amides is 1. The zero-order chi connectivity index (χ0) is 14.8. The van der Waals surface area contributed by atoms with Gasteiger partial charge in [0.1, 0.15) is 0 Å². The van der Waals surface area contributed by atoms with Crippen LogP contribution in [-0.2, 0) is 10.2 Å². The molecule has 2 atom stereocenters. The predicted octanol–water partition coefficient (Wildman–Crippen LogP) is 2.94. The maximum absolute atomic E-state index is 12.7. The van der Waals surface area contributed by atoms with E-state index in [1.165, 1.54) is 0 Å². The van der Waals surface area contributed by atoms with E-state index in [2.05, 4.69) is 18.3 Å². The minimum atomic E-state index is -0.507. The van der Waals surface area contributed by atoms with E-state index in [0.29, 0.717) is 12.5 Å². The first kappa shape index (κ1) is 18.0. The molecule has 0 aromatic heterocycles. The third-order valence-corrected chi connectivity index (χ3v) is 4.66. The molecule has 2 unspecified atom stereocenters. The number of nitrogens with two attached hydrogens (primary N) is 1. The van der Waals surface area contributed by atoms with Gasteiger partial charge in [-0.2, -0.15) is 0 Å². The molecular formula is C17H27ClN2O. The van der Waals surface area contributed by atoms with Crippen LogP contribution < -0.4 is 11.1 Å². The summed E-state index contributed by atoms with van der Waals surface area (Å²) in [6.07, 6.45) is 3.35. The molecule has 0 spiro atoms. The summed E-state index contributed by atoms with van der Waals surface area (Å²) in [6, 6.07) is 8.35. The average Bonchev–Trinajstić information content (AvgIpc) is 2.86. The van der Waals surface area contributed by atoms with Gasteiger partial charge in [-0.1, -0.05) is 30.7 Å². The van der Waals surface area contributed by atoms with Crippen molar-refractivity contribution in [2.75, 3.05) is 6.54 Å². The number of hydrogen-bond acceptors (Lipinski definition) is 2. The monoisotopic (exact) mass is 310 g/mol. The number of nitrogens with one attached hydrogen (secondary N) is 1. The van der Waals surface area contributed by atoms with E-state index in [1.807, 2.05) is 32.0 Å². The fraction of sp³-hybridized carbons (Fsp3) is 0.588. The summed E-state index contributed by atoms with van der Waals surface area (Å²) in [5.74, 6) is 0.545. The minimum Gasteiger partial charge on any atom is -0.352 e. The van der Waals surface area contributed by atoms with Crippen molar-refractivity contribution in [2.24, 2.45) is 11.7 Å². The Balaban J connectivity index is 0.00000220. The number of carbonyl (C=O) groups excluding carboxylic acids is 1. The van der Waals surface area contributed by atoms with Gasteiger partial charge in [0.25, 0.3) is 0 Å². The Bertz CT molecular complexity index is 487. The summed E-state index contributed by atoms with van der Waals surface area (Å²) >= 11 is 0. The molecule has 4 heteroatoms. The number of rotatable bonds is 4. The van der Waals surface area contributed by atoms with Gasteiger partial charge in [0.05, 0.1) is 5.41 Å². The van der Waals surface area contributed by atoms with Crippen LogP contribution >= 0.6 is 12.4 Å².